The van der Waals surface area contributed by atoms with E-state index >= 15 is 0 Å². The van der Waals surface area contributed by atoms with Gasteiger partial charge in [0.25, 0.3) is 0 Å². The first-order chi connectivity index (χ1) is 7.74. The van der Waals surface area contributed by atoms with Crippen molar-refractivity contribution < 1.29 is 4.79 Å². The van der Waals surface area contributed by atoms with Gasteiger partial charge in [-0.25, -0.2) is 4.79 Å². The molecular formula is C10H10ClN3OS. The van der Waals surface area contributed by atoms with E-state index in [1.165, 1.54) is 11.8 Å². The second kappa shape index (κ2) is 5.23. The highest BCUT2D eigenvalue weighted by molar-refractivity contribution is 8.14. The average molecular weight is 256 g/mol. The van der Waals surface area contributed by atoms with E-state index in [0.717, 1.165) is 12.3 Å². The summed E-state index contributed by atoms with van der Waals surface area (Å²) < 4.78 is 0. The van der Waals surface area contributed by atoms with Crippen molar-refractivity contribution in [1.29, 1.82) is 0 Å². The molecule has 4 nitrogen and oxygen atoms in total. The highest BCUT2D eigenvalue weighted by Gasteiger charge is 2.10. The standard InChI is InChI=1S/C10H10ClN3OS/c11-7-2-1-3-8(6-7)13-9(15)14-10-12-4-5-16-10/h1-3,6H,4-5H2,(H2,12,13,14,15). The van der Waals surface area contributed by atoms with E-state index < -0.39 is 0 Å². The van der Waals surface area contributed by atoms with Gasteiger partial charge in [-0.2, -0.15) is 0 Å². The molecule has 0 fully saturated rings. The Balaban J connectivity index is 1.91. The molecular weight excluding hydrogens is 246 g/mol. The van der Waals surface area contributed by atoms with Crippen LogP contribution in [-0.2, 0) is 0 Å². The van der Waals surface area contributed by atoms with Crippen molar-refractivity contribution >= 4 is 40.2 Å². The van der Waals surface area contributed by atoms with E-state index in [2.05, 4.69) is 15.6 Å². The minimum atomic E-state index is -0.296. The summed E-state index contributed by atoms with van der Waals surface area (Å²) in [4.78, 5) is 15.6. The minimum Gasteiger partial charge on any atom is -0.308 e. The number of aliphatic imine (C=N–C) groups is 1. The lowest BCUT2D eigenvalue weighted by Gasteiger charge is -2.06. The number of nitrogens with zero attached hydrogens (tertiary/aromatic N) is 1. The summed E-state index contributed by atoms with van der Waals surface area (Å²) >= 11 is 7.34. The molecule has 0 radical (unpaired) electrons. The lowest BCUT2D eigenvalue weighted by molar-refractivity contribution is 0.256. The predicted octanol–water partition coefficient (Wildman–Crippen LogP) is 2.56. The molecule has 1 aromatic rings. The smallest absolute Gasteiger partial charge is 0.308 e. The van der Waals surface area contributed by atoms with Gasteiger partial charge in [0.15, 0.2) is 5.17 Å². The maximum absolute atomic E-state index is 11.5. The summed E-state index contributed by atoms with van der Waals surface area (Å²) in [6, 6.07) is 6.69. The van der Waals surface area contributed by atoms with Gasteiger partial charge in [0.1, 0.15) is 0 Å². The van der Waals surface area contributed by atoms with Gasteiger partial charge in [-0.1, -0.05) is 29.4 Å². The first-order valence-electron chi connectivity index (χ1n) is 4.75. The highest BCUT2D eigenvalue weighted by Crippen LogP contribution is 2.15. The van der Waals surface area contributed by atoms with Crippen LogP contribution in [0.3, 0.4) is 0 Å². The fourth-order valence-corrected chi connectivity index (χ4v) is 2.15. The second-order valence-corrected chi connectivity index (χ2v) is 4.64. The maximum atomic E-state index is 11.5. The van der Waals surface area contributed by atoms with Gasteiger partial charge in [-0.15, -0.1) is 0 Å². The van der Waals surface area contributed by atoms with E-state index in [9.17, 15) is 4.79 Å². The molecule has 1 heterocycles. The third-order valence-corrected chi connectivity index (χ3v) is 3.01. The van der Waals surface area contributed by atoms with E-state index in [0.29, 0.717) is 15.9 Å². The summed E-state index contributed by atoms with van der Waals surface area (Å²) in [7, 11) is 0. The molecule has 0 saturated heterocycles. The van der Waals surface area contributed by atoms with Crippen LogP contribution in [0.1, 0.15) is 0 Å². The largest absolute Gasteiger partial charge is 0.325 e. The zero-order valence-electron chi connectivity index (χ0n) is 8.37. The number of nitrogens with one attached hydrogen (secondary N) is 2. The third-order valence-electron chi connectivity index (χ3n) is 1.89. The van der Waals surface area contributed by atoms with Gasteiger partial charge < -0.3 is 5.32 Å². The summed E-state index contributed by atoms with van der Waals surface area (Å²) in [5, 5.41) is 6.60. The van der Waals surface area contributed by atoms with Gasteiger partial charge in [0.05, 0.1) is 6.54 Å². The van der Waals surface area contributed by atoms with Crippen LogP contribution in [0, 0.1) is 0 Å². The zero-order valence-corrected chi connectivity index (χ0v) is 9.94. The first kappa shape index (κ1) is 11.3. The van der Waals surface area contributed by atoms with Crippen molar-refractivity contribution in [2.75, 3.05) is 17.6 Å². The maximum Gasteiger partial charge on any atom is 0.325 e. The van der Waals surface area contributed by atoms with Gasteiger partial charge >= 0.3 is 6.03 Å². The molecule has 0 spiro atoms. The highest BCUT2D eigenvalue weighted by atomic mass is 35.5. The Morgan fingerprint density at radius 1 is 1.44 bits per heavy atom. The Kier molecular flexibility index (Phi) is 3.69. The van der Waals surface area contributed by atoms with Crippen molar-refractivity contribution in [2.45, 2.75) is 0 Å². The van der Waals surface area contributed by atoms with Crippen molar-refractivity contribution in [3.8, 4) is 0 Å². The first-order valence-corrected chi connectivity index (χ1v) is 6.11. The van der Waals surface area contributed by atoms with Gasteiger partial charge in [0.2, 0.25) is 0 Å². The topological polar surface area (TPSA) is 53.5 Å². The molecule has 2 rings (SSSR count). The van der Waals surface area contributed by atoms with Crippen LogP contribution < -0.4 is 10.6 Å². The lowest BCUT2D eigenvalue weighted by atomic mass is 10.3. The van der Waals surface area contributed by atoms with Crippen LogP contribution >= 0.6 is 23.4 Å². The molecule has 2 amide bonds. The Bertz CT molecular complexity index is 436. The molecule has 0 unspecified atom stereocenters. The van der Waals surface area contributed by atoms with E-state index in [-0.39, 0.29) is 6.03 Å². The second-order valence-electron chi connectivity index (χ2n) is 3.12. The van der Waals surface area contributed by atoms with Crippen LogP contribution in [0.25, 0.3) is 0 Å². The lowest BCUT2D eigenvalue weighted by Crippen LogP contribution is -2.31. The van der Waals surface area contributed by atoms with Crippen LogP contribution in [-0.4, -0.2) is 23.5 Å². The number of anilines is 1. The average Bonchev–Trinajstić information content (AvgIpc) is 2.70. The molecule has 84 valence electrons. The van der Waals surface area contributed by atoms with Gasteiger partial charge in [0, 0.05) is 16.5 Å². The van der Waals surface area contributed by atoms with E-state index in [4.69, 9.17) is 11.6 Å². The number of benzene rings is 1. The molecule has 16 heavy (non-hydrogen) atoms. The van der Waals surface area contributed by atoms with Gasteiger partial charge in [-0.3, -0.25) is 10.3 Å². The fraction of sp³-hybridized carbons (Fsp3) is 0.200. The normalized spacial score (nSPS) is 14.4. The van der Waals surface area contributed by atoms with Crippen LogP contribution in [0.4, 0.5) is 10.5 Å². The molecule has 0 atom stereocenters. The number of carbonyl (C=O) groups excluding carboxylic acids is 1. The summed E-state index contributed by atoms with van der Waals surface area (Å²) in [5.41, 5.74) is 0.661. The van der Waals surface area contributed by atoms with Crippen LogP contribution in [0.2, 0.25) is 5.02 Å². The number of halogens is 1. The molecule has 0 aromatic heterocycles. The number of amidine groups is 1. The number of hydrogen-bond donors (Lipinski definition) is 2. The van der Waals surface area contributed by atoms with Crippen LogP contribution in [0.15, 0.2) is 29.3 Å². The molecule has 1 aliphatic heterocycles. The van der Waals surface area contributed by atoms with E-state index in [1.807, 2.05) is 0 Å². The number of thioether (sulfide) groups is 1. The SMILES string of the molecule is O=C(NC1=NCCS1)Nc1cccc(Cl)c1. The molecule has 6 heteroatoms. The Morgan fingerprint density at radius 3 is 3.00 bits per heavy atom. The quantitative estimate of drug-likeness (QED) is 0.810. The van der Waals surface area contributed by atoms with Crippen molar-refractivity contribution in [1.82, 2.24) is 5.32 Å². The third kappa shape index (κ3) is 3.15. The molecule has 2 N–H and O–H groups in total. The number of hydrogen-bond acceptors (Lipinski definition) is 3. The Labute approximate surface area is 102 Å². The summed E-state index contributed by atoms with van der Waals surface area (Å²) in [5.74, 6) is 0.923. The zero-order chi connectivity index (χ0) is 11.4. The van der Waals surface area contributed by atoms with Gasteiger partial charge in [-0.05, 0) is 18.2 Å². The Morgan fingerprint density at radius 2 is 2.31 bits per heavy atom. The minimum absolute atomic E-state index is 0.296. The van der Waals surface area contributed by atoms with E-state index in [1.54, 1.807) is 24.3 Å². The molecule has 1 aromatic carbocycles. The summed E-state index contributed by atoms with van der Waals surface area (Å²) in [6.45, 7) is 0.761. The Hall–Kier alpha value is -1.20. The number of rotatable bonds is 1. The molecule has 1 aliphatic rings. The fourth-order valence-electron chi connectivity index (χ4n) is 1.24. The van der Waals surface area contributed by atoms with Crippen molar-refractivity contribution in [2.24, 2.45) is 4.99 Å². The predicted molar refractivity (Wildman–Crippen MR) is 68.4 cm³/mol. The van der Waals surface area contributed by atoms with Crippen molar-refractivity contribution in [3.63, 3.8) is 0 Å². The number of amides is 2. The number of urea groups is 1. The molecule has 0 bridgehead atoms. The van der Waals surface area contributed by atoms with Crippen molar-refractivity contribution in [3.05, 3.63) is 29.3 Å². The summed E-state index contributed by atoms with van der Waals surface area (Å²) in [6.07, 6.45) is 0. The molecule has 0 saturated carbocycles. The molecule has 0 aliphatic carbocycles. The monoisotopic (exact) mass is 255 g/mol. The number of carbonyl (C=O) groups is 1. The van der Waals surface area contributed by atoms with Crippen LogP contribution in [0.5, 0.6) is 0 Å².